The van der Waals surface area contributed by atoms with Gasteiger partial charge in [0.15, 0.2) is 0 Å². The fourth-order valence-corrected chi connectivity index (χ4v) is 3.61. The van der Waals surface area contributed by atoms with E-state index in [2.05, 4.69) is 0 Å². The smallest absolute Gasteiger partial charge is 0.404 e. The van der Waals surface area contributed by atoms with E-state index in [4.69, 9.17) is 44.4 Å². The lowest BCUT2D eigenvalue weighted by molar-refractivity contribution is -0.116. The van der Waals surface area contributed by atoms with Crippen LogP contribution in [-0.4, -0.2) is 51.5 Å². The molecule has 0 radical (unpaired) electrons. The molecular weight excluding hydrogens is 378 g/mol. The molecule has 1 atom stereocenters. The molecule has 0 aliphatic carbocycles. The van der Waals surface area contributed by atoms with Crippen LogP contribution in [0.5, 0.6) is 0 Å². The first kappa shape index (κ1) is 22.4. The molecule has 0 aromatic carbocycles. The molecule has 132 valence electrons. The third kappa shape index (κ3) is 13.5. The number of carbonyl (C=O) groups is 2. The van der Waals surface area contributed by atoms with Crippen molar-refractivity contribution in [3.05, 3.63) is 0 Å². The van der Waals surface area contributed by atoms with Crippen LogP contribution in [0.15, 0.2) is 0 Å². The van der Waals surface area contributed by atoms with Crippen molar-refractivity contribution in [1.29, 1.82) is 0 Å². The number of ether oxygens (including phenoxy) is 3. The van der Waals surface area contributed by atoms with Gasteiger partial charge in [0.1, 0.15) is 12.4 Å². The molecule has 0 spiro atoms. The minimum atomic E-state index is -0.859. The Morgan fingerprint density at radius 2 is 1.70 bits per heavy atom. The Labute approximate surface area is 155 Å². The number of rotatable bonds is 10. The lowest BCUT2D eigenvalue weighted by Crippen LogP contribution is -2.22. The first-order valence-corrected chi connectivity index (χ1v) is 9.64. The number of carbonyl (C=O) groups excluding carboxylic acids is 2. The zero-order valence-corrected chi connectivity index (χ0v) is 16.3. The van der Waals surface area contributed by atoms with E-state index in [-0.39, 0.29) is 23.4 Å². The van der Waals surface area contributed by atoms with Crippen LogP contribution in [0.4, 0.5) is 4.79 Å². The third-order valence-electron chi connectivity index (χ3n) is 2.29. The zero-order valence-electron chi connectivity index (χ0n) is 13.1. The Morgan fingerprint density at radius 1 is 1.09 bits per heavy atom. The van der Waals surface area contributed by atoms with Gasteiger partial charge in [-0.1, -0.05) is 23.5 Å². The summed E-state index contributed by atoms with van der Waals surface area (Å²) < 4.78 is 15.8. The molecule has 0 aliphatic heterocycles. The quantitative estimate of drug-likeness (QED) is 0.557. The number of Topliss-reactive ketones (excluding diaryl/α,β-unsaturated/α-hetero) is 1. The number of thioether (sulfide) groups is 2. The van der Waals surface area contributed by atoms with Gasteiger partial charge in [-0.2, -0.15) is 0 Å². The van der Waals surface area contributed by atoms with E-state index < -0.39 is 6.09 Å². The van der Waals surface area contributed by atoms with Crippen molar-refractivity contribution >= 4 is 68.6 Å². The highest BCUT2D eigenvalue weighted by molar-refractivity contribution is 8.23. The van der Waals surface area contributed by atoms with E-state index >= 15 is 0 Å². The molecule has 0 aromatic heterocycles. The maximum absolute atomic E-state index is 11.9. The molecule has 0 saturated carbocycles. The number of primary amides is 1. The number of hydrogen-bond donors (Lipinski definition) is 1. The van der Waals surface area contributed by atoms with Gasteiger partial charge in [0.2, 0.25) is 8.77 Å². The van der Waals surface area contributed by atoms with Gasteiger partial charge < -0.3 is 19.9 Å². The van der Waals surface area contributed by atoms with Gasteiger partial charge in [-0.05, 0) is 44.7 Å². The SMILES string of the molecule is CCOC(=S)SCC(=O)CCC(COC(N)=O)SC(=S)OCC. The summed E-state index contributed by atoms with van der Waals surface area (Å²) in [5, 5.41) is -0.186. The van der Waals surface area contributed by atoms with E-state index in [0.29, 0.717) is 34.8 Å². The summed E-state index contributed by atoms with van der Waals surface area (Å²) in [4.78, 5) is 22.6. The average Bonchev–Trinajstić information content (AvgIpc) is 2.48. The summed E-state index contributed by atoms with van der Waals surface area (Å²) >= 11 is 12.4. The van der Waals surface area contributed by atoms with Crippen LogP contribution in [0.2, 0.25) is 0 Å². The van der Waals surface area contributed by atoms with Crippen LogP contribution in [-0.2, 0) is 19.0 Å². The van der Waals surface area contributed by atoms with Crippen molar-refractivity contribution in [3.63, 3.8) is 0 Å². The Bertz CT molecular complexity index is 419. The van der Waals surface area contributed by atoms with Crippen molar-refractivity contribution in [2.75, 3.05) is 25.6 Å². The van der Waals surface area contributed by atoms with Crippen LogP contribution in [0.1, 0.15) is 26.7 Å². The lowest BCUT2D eigenvalue weighted by atomic mass is 10.2. The highest BCUT2D eigenvalue weighted by atomic mass is 32.2. The molecule has 6 nitrogen and oxygen atoms in total. The van der Waals surface area contributed by atoms with Crippen molar-refractivity contribution in [2.45, 2.75) is 31.9 Å². The summed E-state index contributed by atoms with van der Waals surface area (Å²) in [5.74, 6) is 0.284. The molecule has 0 heterocycles. The maximum atomic E-state index is 11.9. The van der Waals surface area contributed by atoms with Crippen molar-refractivity contribution < 1.29 is 23.8 Å². The number of nitrogens with two attached hydrogens (primary N) is 1. The van der Waals surface area contributed by atoms with Crippen LogP contribution in [0, 0.1) is 0 Å². The third-order valence-corrected chi connectivity index (χ3v) is 5.01. The monoisotopic (exact) mass is 399 g/mol. The molecule has 0 bridgehead atoms. The number of hydrogen-bond acceptors (Lipinski definition) is 9. The fourth-order valence-electron chi connectivity index (χ4n) is 1.33. The van der Waals surface area contributed by atoms with Gasteiger partial charge in [-0.25, -0.2) is 4.79 Å². The Morgan fingerprint density at radius 3 is 2.26 bits per heavy atom. The van der Waals surface area contributed by atoms with E-state index in [0.717, 1.165) is 0 Å². The number of ketones is 1. The largest absolute Gasteiger partial charge is 0.479 e. The summed E-state index contributed by atoms with van der Waals surface area (Å²) in [6.45, 7) is 4.67. The molecule has 0 aliphatic rings. The van der Waals surface area contributed by atoms with Gasteiger partial charge in [-0.3, -0.25) is 4.79 Å². The molecule has 23 heavy (non-hydrogen) atoms. The minimum absolute atomic E-state index is 0.0315. The predicted octanol–water partition coefficient (Wildman–Crippen LogP) is 2.91. The van der Waals surface area contributed by atoms with Crippen molar-refractivity contribution in [1.82, 2.24) is 0 Å². The molecule has 0 aromatic rings. The predicted molar refractivity (Wildman–Crippen MR) is 102 cm³/mol. The summed E-state index contributed by atoms with van der Waals surface area (Å²) in [6, 6.07) is 0. The van der Waals surface area contributed by atoms with E-state index in [9.17, 15) is 9.59 Å². The molecule has 0 saturated heterocycles. The molecule has 1 amide bonds. The summed E-state index contributed by atoms with van der Waals surface area (Å²) in [5.41, 5.74) is 4.96. The fraction of sp³-hybridized carbons (Fsp3) is 0.692. The van der Waals surface area contributed by atoms with Gasteiger partial charge in [0.05, 0.1) is 19.0 Å². The highest BCUT2D eigenvalue weighted by Gasteiger charge is 2.17. The molecular formula is C13H21NO5S4. The maximum Gasteiger partial charge on any atom is 0.404 e. The van der Waals surface area contributed by atoms with E-state index in [1.165, 1.54) is 23.5 Å². The molecule has 1 unspecified atom stereocenters. The second-order valence-electron chi connectivity index (χ2n) is 4.10. The van der Waals surface area contributed by atoms with Gasteiger partial charge >= 0.3 is 6.09 Å². The molecule has 2 N–H and O–H groups in total. The Kier molecular flexibility index (Phi) is 13.5. The Hall–Kier alpha value is -0.580. The van der Waals surface area contributed by atoms with Crippen LogP contribution in [0.25, 0.3) is 0 Å². The highest BCUT2D eigenvalue weighted by Crippen LogP contribution is 2.21. The zero-order chi connectivity index (χ0) is 17.7. The van der Waals surface area contributed by atoms with E-state index in [1.54, 1.807) is 0 Å². The van der Waals surface area contributed by atoms with Crippen molar-refractivity contribution in [3.8, 4) is 0 Å². The van der Waals surface area contributed by atoms with Gasteiger partial charge in [-0.15, -0.1) is 0 Å². The van der Waals surface area contributed by atoms with Crippen LogP contribution >= 0.6 is 48.0 Å². The summed E-state index contributed by atoms with van der Waals surface area (Å²) in [6.07, 6.45) is -0.0516. The summed E-state index contributed by atoms with van der Waals surface area (Å²) in [7, 11) is 0. The van der Waals surface area contributed by atoms with Gasteiger partial charge in [0, 0.05) is 11.7 Å². The average molecular weight is 400 g/mol. The molecule has 0 rings (SSSR count). The first-order chi connectivity index (χ1) is 10.9. The van der Waals surface area contributed by atoms with Gasteiger partial charge in [0.25, 0.3) is 0 Å². The molecule has 0 fully saturated rings. The first-order valence-electron chi connectivity index (χ1n) is 6.95. The van der Waals surface area contributed by atoms with Crippen molar-refractivity contribution in [2.24, 2.45) is 5.73 Å². The topological polar surface area (TPSA) is 87.9 Å². The van der Waals surface area contributed by atoms with Crippen LogP contribution < -0.4 is 5.73 Å². The lowest BCUT2D eigenvalue weighted by Gasteiger charge is -2.16. The van der Waals surface area contributed by atoms with E-state index in [1.807, 2.05) is 13.8 Å². The second kappa shape index (κ2) is 13.8. The standard InChI is InChI=1S/C13H21NO5S4/c1-3-17-12(20)22-8-9(15)5-6-10(7-19-11(14)16)23-13(21)18-4-2/h10H,3-8H2,1-2H3,(H2,14,16). The molecule has 10 heteroatoms. The van der Waals surface area contributed by atoms with Crippen LogP contribution in [0.3, 0.4) is 0 Å². The number of thiocarbonyl (C=S) groups is 2. The second-order valence-corrected chi connectivity index (χ2v) is 7.58. The number of amides is 1. The normalized spacial score (nSPS) is 11.4. The Balaban J connectivity index is 4.24. The minimum Gasteiger partial charge on any atom is -0.479 e.